The number of fused-ring (bicyclic) bond motifs is 2. The van der Waals surface area contributed by atoms with Crippen LogP contribution in [0.2, 0.25) is 5.02 Å². The summed E-state index contributed by atoms with van der Waals surface area (Å²) in [5.41, 5.74) is -1.88. The Bertz CT molecular complexity index is 1620. The Labute approximate surface area is 232 Å². The van der Waals surface area contributed by atoms with Crippen LogP contribution in [0.4, 0.5) is 21.5 Å². The van der Waals surface area contributed by atoms with E-state index in [0.717, 1.165) is 28.4 Å². The lowest BCUT2D eigenvalue weighted by Crippen LogP contribution is -2.26. The lowest BCUT2D eigenvalue weighted by Gasteiger charge is -2.27. The zero-order valence-electron chi connectivity index (χ0n) is 22.0. The van der Waals surface area contributed by atoms with E-state index in [1.165, 1.54) is 36.2 Å². The Morgan fingerprint density at radius 2 is 1.27 bits per heavy atom. The first kappa shape index (κ1) is 28.2. The molecule has 0 bridgehead atoms. The summed E-state index contributed by atoms with van der Waals surface area (Å²) >= 11 is 6.32. The van der Waals surface area contributed by atoms with Crippen molar-refractivity contribution in [1.29, 1.82) is 0 Å². The van der Waals surface area contributed by atoms with Crippen LogP contribution in [0.3, 0.4) is 0 Å². The van der Waals surface area contributed by atoms with Crippen LogP contribution in [-0.2, 0) is 18.9 Å². The van der Waals surface area contributed by atoms with Gasteiger partial charge in [-0.1, -0.05) is 23.7 Å². The monoisotopic (exact) mass is 568 g/mol. The van der Waals surface area contributed by atoms with Gasteiger partial charge < -0.3 is 23.8 Å². The third kappa shape index (κ3) is 4.54. The first-order chi connectivity index (χ1) is 19.1. The first-order valence-electron chi connectivity index (χ1n) is 11.6. The van der Waals surface area contributed by atoms with E-state index in [-0.39, 0.29) is 27.7 Å². The Morgan fingerprint density at radius 3 is 1.85 bits per heavy atom. The van der Waals surface area contributed by atoms with E-state index in [0.29, 0.717) is 11.3 Å². The van der Waals surface area contributed by atoms with E-state index >= 15 is 4.39 Å². The highest BCUT2D eigenvalue weighted by molar-refractivity contribution is 6.32. The summed E-state index contributed by atoms with van der Waals surface area (Å²) in [6, 6.07) is 10.4. The molecule has 0 saturated carbocycles. The van der Waals surface area contributed by atoms with Crippen molar-refractivity contribution in [3.63, 3.8) is 0 Å². The zero-order chi connectivity index (χ0) is 29.3. The highest BCUT2D eigenvalue weighted by atomic mass is 35.5. The van der Waals surface area contributed by atoms with Gasteiger partial charge in [0.2, 0.25) is 0 Å². The van der Waals surface area contributed by atoms with Gasteiger partial charge in [0, 0.05) is 23.2 Å². The third-order valence-corrected chi connectivity index (χ3v) is 6.50. The molecule has 1 aliphatic heterocycles. The van der Waals surface area contributed by atoms with E-state index < -0.39 is 51.9 Å². The minimum absolute atomic E-state index is 0.0174. The summed E-state index contributed by atoms with van der Waals surface area (Å²) in [6.07, 6.45) is 0. The molecule has 0 atom stereocenters. The number of rotatable bonds is 5. The Kier molecular flexibility index (Phi) is 7.87. The van der Waals surface area contributed by atoms with Gasteiger partial charge >= 0.3 is 23.9 Å². The average molecular weight is 569 g/mol. The molecule has 3 aromatic rings. The van der Waals surface area contributed by atoms with Crippen molar-refractivity contribution < 1.29 is 42.5 Å². The molecule has 206 valence electrons. The standard InChI is InChI=1S/C28H22ClFN2O8/c1-32-17-11-10-13(29)12-15(17)22(14-8-6-7-9-16(14)30)31-23-20(27(35)39-4)18(25(33)37-2)19(26(34)38-3)21(24(23)32)28(36)40-5/h6-12H,1-5H3. The average Bonchev–Trinajstić information content (AvgIpc) is 3.08. The van der Waals surface area contributed by atoms with Gasteiger partial charge in [-0.15, -0.1) is 0 Å². The van der Waals surface area contributed by atoms with Gasteiger partial charge in [-0.25, -0.2) is 28.6 Å². The van der Waals surface area contributed by atoms with Gasteiger partial charge in [-0.2, -0.15) is 0 Å². The summed E-state index contributed by atoms with van der Waals surface area (Å²) in [6.45, 7) is 0. The van der Waals surface area contributed by atoms with Crippen LogP contribution < -0.4 is 4.90 Å². The maximum atomic E-state index is 15.2. The molecule has 4 rings (SSSR count). The number of halogens is 2. The highest BCUT2D eigenvalue weighted by Gasteiger charge is 2.41. The lowest BCUT2D eigenvalue weighted by molar-refractivity contribution is 0.0522. The van der Waals surface area contributed by atoms with Crippen molar-refractivity contribution in [2.45, 2.75) is 0 Å². The molecule has 0 amide bonds. The Balaban J connectivity index is 2.37. The molecule has 3 aromatic carbocycles. The summed E-state index contributed by atoms with van der Waals surface area (Å²) in [4.78, 5) is 59.0. The molecule has 40 heavy (non-hydrogen) atoms. The molecule has 1 aliphatic rings. The van der Waals surface area contributed by atoms with Crippen LogP contribution in [0, 0.1) is 5.82 Å². The predicted octanol–water partition coefficient (Wildman–Crippen LogP) is 4.88. The molecule has 0 radical (unpaired) electrons. The number of anilines is 2. The van der Waals surface area contributed by atoms with E-state index in [1.807, 2.05) is 0 Å². The van der Waals surface area contributed by atoms with Crippen LogP contribution >= 0.6 is 11.6 Å². The highest BCUT2D eigenvalue weighted by Crippen LogP contribution is 2.48. The summed E-state index contributed by atoms with van der Waals surface area (Å²) in [7, 11) is 5.70. The van der Waals surface area contributed by atoms with Crippen molar-refractivity contribution >= 4 is 58.3 Å². The van der Waals surface area contributed by atoms with Crippen LogP contribution in [-0.4, -0.2) is 65.1 Å². The number of esters is 4. The molecule has 0 aromatic heterocycles. The number of ether oxygens (including phenoxy) is 4. The molecule has 0 spiro atoms. The summed E-state index contributed by atoms with van der Waals surface area (Å²) < 4.78 is 35.0. The largest absolute Gasteiger partial charge is 0.465 e. The molecular formula is C28H22ClFN2O8. The minimum Gasteiger partial charge on any atom is -0.465 e. The van der Waals surface area contributed by atoms with E-state index in [9.17, 15) is 19.2 Å². The topological polar surface area (TPSA) is 121 Å². The van der Waals surface area contributed by atoms with Crippen LogP contribution in [0.25, 0.3) is 0 Å². The van der Waals surface area contributed by atoms with Gasteiger partial charge in [0.15, 0.2) is 0 Å². The first-order valence-corrected chi connectivity index (χ1v) is 11.9. The molecule has 10 nitrogen and oxygen atoms in total. The Hall–Kier alpha value is -4.77. The van der Waals surface area contributed by atoms with E-state index in [2.05, 4.69) is 4.99 Å². The quantitative estimate of drug-likeness (QED) is 0.313. The zero-order valence-corrected chi connectivity index (χ0v) is 22.7. The van der Waals surface area contributed by atoms with Gasteiger partial charge in [0.25, 0.3) is 0 Å². The van der Waals surface area contributed by atoms with E-state index in [4.69, 9.17) is 30.5 Å². The Morgan fingerprint density at radius 1 is 0.750 bits per heavy atom. The van der Waals surface area contributed by atoms with Crippen LogP contribution in [0.1, 0.15) is 52.6 Å². The molecule has 0 unspecified atom stereocenters. The maximum Gasteiger partial charge on any atom is 0.341 e. The van der Waals surface area contributed by atoms with Crippen molar-refractivity contribution in [1.82, 2.24) is 0 Å². The van der Waals surface area contributed by atoms with Crippen molar-refractivity contribution in [2.24, 2.45) is 4.99 Å². The number of hydrogen-bond donors (Lipinski definition) is 0. The molecule has 0 saturated heterocycles. The van der Waals surface area contributed by atoms with Crippen molar-refractivity contribution in [3.05, 3.63) is 86.7 Å². The van der Waals surface area contributed by atoms with Crippen LogP contribution in [0.15, 0.2) is 47.5 Å². The lowest BCUT2D eigenvalue weighted by atomic mass is 9.91. The van der Waals surface area contributed by atoms with Gasteiger partial charge in [0.05, 0.1) is 56.7 Å². The summed E-state index contributed by atoms with van der Waals surface area (Å²) in [5, 5.41) is 0.286. The second kappa shape index (κ2) is 11.1. The van der Waals surface area contributed by atoms with Gasteiger partial charge in [-0.05, 0) is 30.3 Å². The SMILES string of the molecule is COC(=O)c1c2c(c(C(=O)OC)c(C(=O)OC)c1C(=O)OC)N(C)c1ccc(Cl)cc1C(c1ccccc1F)=N2. The molecule has 12 heteroatoms. The minimum atomic E-state index is -1.16. The molecule has 1 heterocycles. The second-order valence-corrected chi connectivity index (χ2v) is 8.76. The van der Waals surface area contributed by atoms with Gasteiger partial charge in [0.1, 0.15) is 22.6 Å². The van der Waals surface area contributed by atoms with Crippen molar-refractivity contribution in [2.75, 3.05) is 40.4 Å². The predicted molar refractivity (Wildman–Crippen MR) is 143 cm³/mol. The number of carbonyl (C=O) groups excluding carboxylic acids is 4. The van der Waals surface area contributed by atoms with E-state index in [1.54, 1.807) is 18.2 Å². The molecule has 0 fully saturated rings. The number of benzene rings is 3. The third-order valence-electron chi connectivity index (χ3n) is 6.27. The smallest absolute Gasteiger partial charge is 0.341 e. The number of methoxy groups -OCH3 is 4. The number of hydrogen-bond acceptors (Lipinski definition) is 10. The maximum absolute atomic E-state index is 15.2. The number of carbonyl (C=O) groups is 4. The molecule has 0 aliphatic carbocycles. The number of aliphatic imine (C=N–C) groups is 1. The fourth-order valence-electron chi connectivity index (χ4n) is 4.51. The fourth-order valence-corrected chi connectivity index (χ4v) is 4.69. The summed E-state index contributed by atoms with van der Waals surface area (Å²) in [5.74, 6) is -5.09. The fraction of sp³-hybridized carbons (Fsp3) is 0.179. The molecule has 0 N–H and O–H groups in total. The number of nitrogens with zero attached hydrogens (tertiary/aromatic N) is 2. The van der Waals surface area contributed by atoms with Crippen molar-refractivity contribution in [3.8, 4) is 0 Å². The second-order valence-electron chi connectivity index (χ2n) is 8.32. The molecular weight excluding hydrogens is 547 g/mol. The van der Waals surface area contributed by atoms with Crippen LogP contribution in [0.5, 0.6) is 0 Å². The van der Waals surface area contributed by atoms with Gasteiger partial charge in [-0.3, -0.25) is 0 Å². The normalized spacial score (nSPS) is 11.9.